The summed E-state index contributed by atoms with van der Waals surface area (Å²) >= 11 is 0. The molecule has 2 rings (SSSR count). The topological polar surface area (TPSA) is 126 Å². The summed E-state index contributed by atoms with van der Waals surface area (Å²) in [4.78, 5) is 43.7. The second kappa shape index (κ2) is 14.4. The van der Waals surface area contributed by atoms with E-state index in [0.717, 1.165) is 9.47 Å². The molecule has 1 saturated heterocycles. The fourth-order valence-corrected chi connectivity index (χ4v) is 4.31. The van der Waals surface area contributed by atoms with Crippen molar-refractivity contribution in [1.82, 2.24) is 9.47 Å². The third kappa shape index (κ3) is 7.66. The molecule has 0 radical (unpaired) electrons. The maximum absolute atomic E-state index is 13.2. The van der Waals surface area contributed by atoms with Crippen molar-refractivity contribution in [3.63, 3.8) is 0 Å². The molecule has 210 valence electrons. The molecule has 1 aliphatic heterocycles. The molecule has 1 aromatic heterocycles. The lowest BCUT2D eigenvalue weighted by molar-refractivity contribution is -0.148. The van der Waals surface area contributed by atoms with Crippen molar-refractivity contribution in [2.75, 3.05) is 19.8 Å². The number of hydrogen-bond acceptors (Lipinski definition) is 7. The molecule has 0 spiro atoms. The number of hydrogen-bond donors (Lipinski definition) is 1. The smallest absolute Gasteiger partial charge is 0.258 e. The Morgan fingerprint density at radius 2 is 1.69 bits per heavy atom. The van der Waals surface area contributed by atoms with E-state index in [1.165, 1.54) is 18.2 Å². The molecule has 2 heterocycles. The van der Waals surface area contributed by atoms with Gasteiger partial charge in [-0.25, -0.2) is 4.85 Å². The molecule has 0 bridgehead atoms. The summed E-state index contributed by atoms with van der Waals surface area (Å²) in [6.45, 7) is 19.4. The second-order valence-corrected chi connectivity index (χ2v) is 10.00. The lowest BCUT2D eigenvalue weighted by atomic mass is 9.82. The van der Waals surface area contributed by atoms with E-state index >= 15 is 0 Å². The molecule has 2 amide bonds. The van der Waals surface area contributed by atoms with E-state index in [2.05, 4.69) is 4.85 Å². The molecule has 1 aromatic rings. The van der Waals surface area contributed by atoms with Crippen molar-refractivity contribution >= 4 is 23.6 Å². The number of piperidine rings is 1. The van der Waals surface area contributed by atoms with Crippen LogP contribution in [0.1, 0.15) is 58.6 Å². The number of amides is 2. The summed E-state index contributed by atoms with van der Waals surface area (Å²) in [6.07, 6.45) is 5.46. The van der Waals surface area contributed by atoms with E-state index in [1.807, 2.05) is 33.8 Å². The molecule has 2 atom stereocenters. The van der Waals surface area contributed by atoms with E-state index in [1.54, 1.807) is 13.8 Å². The van der Waals surface area contributed by atoms with Crippen molar-refractivity contribution in [2.24, 2.45) is 11.8 Å². The third-order valence-corrected chi connectivity index (χ3v) is 6.46. The van der Waals surface area contributed by atoms with Gasteiger partial charge >= 0.3 is 0 Å². The van der Waals surface area contributed by atoms with Crippen molar-refractivity contribution < 1.29 is 24.2 Å². The first-order chi connectivity index (χ1) is 18.5. The lowest BCUT2D eigenvalue weighted by Gasteiger charge is -2.33. The SMILES string of the molecule is [C-]#[N+]c1c(C)c(/C=C/C=C2\C(=O)N(CCCOC(C)C)C(=O)C(C#N)C2C)c(=O)n(CCCOC(C)C)c1O. The van der Waals surface area contributed by atoms with Gasteiger partial charge < -0.3 is 14.6 Å². The minimum atomic E-state index is -1.01. The predicted octanol–water partition coefficient (Wildman–Crippen LogP) is 4.13. The quantitative estimate of drug-likeness (QED) is 0.184. The molecule has 1 N–H and O–H groups in total. The number of imide groups is 1. The number of pyridine rings is 1. The first-order valence-electron chi connectivity index (χ1n) is 13.2. The van der Waals surface area contributed by atoms with Crippen molar-refractivity contribution in [2.45, 2.75) is 73.1 Å². The van der Waals surface area contributed by atoms with Crippen LogP contribution in [0.15, 0.2) is 22.5 Å². The van der Waals surface area contributed by atoms with Crippen LogP contribution in [0, 0.1) is 36.7 Å². The van der Waals surface area contributed by atoms with Crippen LogP contribution >= 0.6 is 0 Å². The Bertz CT molecular complexity index is 1260. The Morgan fingerprint density at radius 3 is 2.23 bits per heavy atom. The molecular formula is C29H38N4O6. The highest BCUT2D eigenvalue weighted by molar-refractivity contribution is 6.09. The Hall–Kier alpha value is -3.73. The molecule has 0 saturated carbocycles. The summed E-state index contributed by atoms with van der Waals surface area (Å²) in [6, 6.07) is 2.01. The van der Waals surface area contributed by atoms with Gasteiger partial charge in [0.25, 0.3) is 11.5 Å². The Labute approximate surface area is 229 Å². The standard InChI is InChI=1S/C29H38N4O6/c1-18(2)38-15-9-13-32-26(34)22(20(5)24(17-30)28(32)36)11-8-12-23-21(6)25(31-7)29(37)33(27(23)35)14-10-16-39-19(3)4/h8,11-12,18-20,24,37H,9-10,13-16H2,1-6H3/b12-8+,22-11-. The number of nitriles is 1. The highest BCUT2D eigenvalue weighted by atomic mass is 16.5. The molecule has 10 heteroatoms. The maximum atomic E-state index is 13.2. The molecule has 0 aliphatic carbocycles. The number of carbonyl (C=O) groups is 2. The van der Waals surface area contributed by atoms with Gasteiger partial charge in [0.1, 0.15) is 5.92 Å². The van der Waals surface area contributed by atoms with Gasteiger partial charge in [-0.3, -0.25) is 23.9 Å². The van der Waals surface area contributed by atoms with E-state index in [0.29, 0.717) is 31.6 Å². The van der Waals surface area contributed by atoms with Crippen molar-refractivity contribution in [1.29, 1.82) is 5.26 Å². The number of nitrogens with zero attached hydrogens (tertiary/aromatic N) is 4. The fourth-order valence-electron chi connectivity index (χ4n) is 4.31. The van der Waals surface area contributed by atoms with Gasteiger partial charge in [0.05, 0.1) is 24.8 Å². The van der Waals surface area contributed by atoms with E-state index in [4.69, 9.17) is 16.0 Å². The van der Waals surface area contributed by atoms with Crippen LogP contribution in [0.2, 0.25) is 0 Å². The van der Waals surface area contributed by atoms with Crippen LogP contribution in [0.3, 0.4) is 0 Å². The van der Waals surface area contributed by atoms with Gasteiger partial charge in [-0.1, -0.05) is 25.2 Å². The average Bonchev–Trinajstić information content (AvgIpc) is 2.87. The first kappa shape index (κ1) is 31.5. The second-order valence-electron chi connectivity index (χ2n) is 10.00. The van der Waals surface area contributed by atoms with Crippen LogP contribution in [0.5, 0.6) is 5.88 Å². The number of likely N-dealkylation sites (tertiary alicyclic amines) is 1. The zero-order chi connectivity index (χ0) is 29.3. The first-order valence-corrected chi connectivity index (χ1v) is 13.2. The van der Waals surface area contributed by atoms with Gasteiger partial charge in [-0.15, -0.1) is 0 Å². The summed E-state index contributed by atoms with van der Waals surface area (Å²) in [5.41, 5.74) is 0.286. The zero-order valence-electron chi connectivity index (χ0n) is 23.6. The van der Waals surface area contributed by atoms with Gasteiger partial charge in [0.15, 0.2) is 5.88 Å². The molecule has 0 aromatic carbocycles. The summed E-state index contributed by atoms with van der Waals surface area (Å²) in [7, 11) is 0. The Kier molecular flexibility index (Phi) is 11.7. The lowest BCUT2D eigenvalue weighted by Crippen LogP contribution is -2.50. The molecule has 10 nitrogen and oxygen atoms in total. The van der Waals surface area contributed by atoms with Crippen LogP contribution in [0.4, 0.5) is 5.69 Å². The highest BCUT2D eigenvalue weighted by Crippen LogP contribution is 2.32. The van der Waals surface area contributed by atoms with Crippen LogP contribution in [0.25, 0.3) is 10.9 Å². The number of rotatable bonds is 12. The van der Waals surface area contributed by atoms with Crippen LogP contribution < -0.4 is 5.56 Å². The molecular weight excluding hydrogens is 500 g/mol. The minimum Gasteiger partial charge on any atom is -0.503 e. The van der Waals surface area contributed by atoms with Crippen LogP contribution in [-0.4, -0.2) is 58.4 Å². The third-order valence-electron chi connectivity index (χ3n) is 6.46. The number of carbonyl (C=O) groups excluding carboxylic acids is 2. The molecule has 1 fully saturated rings. The predicted molar refractivity (Wildman–Crippen MR) is 147 cm³/mol. The van der Waals surface area contributed by atoms with E-state index < -0.39 is 35.1 Å². The van der Waals surface area contributed by atoms with Crippen molar-refractivity contribution in [3.05, 3.63) is 50.6 Å². The highest BCUT2D eigenvalue weighted by Gasteiger charge is 2.42. The number of allylic oxidation sites excluding steroid dienone is 2. The summed E-state index contributed by atoms with van der Waals surface area (Å²) in [5, 5.41) is 20.2. The largest absolute Gasteiger partial charge is 0.503 e. The maximum Gasteiger partial charge on any atom is 0.258 e. The van der Waals surface area contributed by atoms with E-state index in [9.17, 15) is 24.8 Å². The number of aromatic hydroxyl groups is 1. The van der Waals surface area contributed by atoms with E-state index in [-0.39, 0.29) is 42.1 Å². The summed E-state index contributed by atoms with van der Waals surface area (Å²) < 4.78 is 12.2. The Morgan fingerprint density at radius 1 is 1.10 bits per heavy atom. The van der Waals surface area contributed by atoms with Gasteiger partial charge in [-0.2, -0.15) is 5.26 Å². The molecule has 1 aliphatic rings. The Balaban J connectivity index is 2.39. The van der Waals surface area contributed by atoms with Gasteiger partial charge in [0, 0.05) is 43.4 Å². The molecule has 2 unspecified atom stereocenters. The average molecular weight is 539 g/mol. The summed E-state index contributed by atoms with van der Waals surface area (Å²) in [5.74, 6) is -3.06. The molecule has 39 heavy (non-hydrogen) atoms. The normalized spacial score (nSPS) is 18.9. The van der Waals surface area contributed by atoms with Gasteiger partial charge in [0.2, 0.25) is 11.6 Å². The van der Waals surface area contributed by atoms with Crippen molar-refractivity contribution in [3.8, 4) is 11.9 Å². The monoisotopic (exact) mass is 538 g/mol. The number of aromatic nitrogens is 1. The van der Waals surface area contributed by atoms with Gasteiger partial charge in [-0.05, 0) is 53.0 Å². The zero-order valence-corrected chi connectivity index (χ0v) is 23.6. The fraction of sp³-hybridized carbons (Fsp3) is 0.552. The van der Waals surface area contributed by atoms with Crippen LogP contribution in [-0.2, 0) is 25.6 Å². The minimum absolute atomic E-state index is 0.0231. The number of ether oxygens (including phenoxy) is 2.